The molecule has 14 heavy (non-hydrogen) atoms. The van der Waals surface area contributed by atoms with Gasteiger partial charge in [0.2, 0.25) is 0 Å². The Bertz CT molecular complexity index is 371. The van der Waals surface area contributed by atoms with Crippen molar-refractivity contribution in [1.82, 2.24) is 4.57 Å². The van der Waals surface area contributed by atoms with E-state index in [1.165, 1.54) is 0 Å². The van der Waals surface area contributed by atoms with Crippen molar-refractivity contribution in [1.29, 1.82) is 0 Å². The third kappa shape index (κ3) is 2.96. The summed E-state index contributed by atoms with van der Waals surface area (Å²) in [6, 6.07) is 1.79. The lowest BCUT2D eigenvalue weighted by molar-refractivity contribution is 0.177. The zero-order valence-electron chi connectivity index (χ0n) is 8.33. The van der Waals surface area contributed by atoms with Crippen LogP contribution in [0.3, 0.4) is 0 Å². The molecule has 0 radical (unpaired) electrons. The number of nitrogens with zero attached hydrogens (tertiary/aromatic N) is 1. The molecule has 0 amide bonds. The van der Waals surface area contributed by atoms with Gasteiger partial charge in [-0.15, -0.1) is 0 Å². The number of hydrogen-bond donors (Lipinski definition) is 1. The van der Waals surface area contributed by atoms with Gasteiger partial charge >= 0.3 is 0 Å². The van der Waals surface area contributed by atoms with Crippen molar-refractivity contribution in [3.8, 4) is 0 Å². The van der Waals surface area contributed by atoms with Gasteiger partial charge in [0, 0.05) is 22.8 Å². The van der Waals surface area contributed by atoms with Crippen LogP contribution >= 0.6 is 15.9 Å². The smallest absolute Gasteiger partial charge is 0.253 e. The number of aryl methyl sites for hydroxylation is 2. The molecule has 0 spiro atoms. The molecule has 1 atom stereocenters. The second kappa shape index (κ2) is 4.75. The van der Waals surface area contributed by atoms with E-state index in [-0.39, 0.29) is 11.7 Å². The van der Waals surface area contributed by atoms with E-state index in [4.69, 9.17) is 5.11 Å². The third-order valence-corrected chi connectivity index (χ3v) is 2.45. The fraction of sp³-hybridized carbons (Fsp3) is 0.500. The van der Waals surface area contributed by atoms with Crippen LogP contribution in [0.5, 0.6) is 0 Å². The summed E-state index contributed by atoms with van der Waals surface area (Å²) in [4.78, 5) is 11.6. The fourth-order valence-electron chi connectivity index (χ4n) is 1.23. The molecule has 0 aliphatic carbocycles. The van der Waals surface area contributed by atoms with Gasteiger partial charge in [-0.05, 0) is 42.3 Å². The lowest BCUT2D eigenvalue weighted by Gasteiger charge is -2.08. The van der Waals surface area contributed by atoms with Crippen molar-refractivity contribution in [3.63, 3.8) is 0 Å². The summed E-state index contributed by atoms with van der Waals surface area (Å²) < 4.78 is 2.51. The summed E-state index contributed by atoms with van der Waals surface area (Å²) in [5.74, 6) is 0. The molecule has 0 aliphatic rings. The Balaban J connectivity index is 2.91. The number of rotatable bonds is 3. The first-order valence-corrected chi connectivity index (χ1v) is 5.34. The quantitative estimate of drug-likeness (QED) is 0.898. The summed E-state index contributed by atoms with van der Waals surface area (Å²) >= 11 is 3.33. The van der Waals surface area contributed by atoms with E-state index in [2.05, 4.69) is 15.9 Å². The van der Waals surface area contributed by atoms with Crippen LogP contribution in [-0.2, 0) is 6.54 Å². The lowest BCUT2D eigenvalue weighted by atomic mass is 10.2. The van der Waals surface area contributed by atoms with Gasteiger partial charge in [-0.2, -0.15) is 0 Å². The molecule has 0 aliphatic heterocycles. The van der Waals surface area contributed by atoms with Crippen LogP contribution in [0.15, 0.2) is 21.5 Å². The average molecular weight is 260 g/mol. The number of pyridine rings is 1. The van der Waals surface area contributed by atoms with Crippen LogP contribution < -0.4 is 5.56 Å². The molecule has 0 saturated carbocycles. The molecule has 0 saturated heterocycles. The Hall–Kier alpha value is -0.610. The molecule has 0 fully saturated rings. The molecule has 1 N–H and O–H groups in total. The Morgan fingerprint density at radius 1 is 1.64 bits per heavy atom. The molecule has 1 rings (SSSR count). The van der Waals surface area contributed by atoms with Gasteiger partial charge in [0.05, 0.1) is 6.10 Å². The maximum atomic E-state index is 11.6. The molecule has 78 valence electrons. The van der Waals surface area contributed by atoms with Crippen molar-refractivity contribution in [2.24, 2.45) is 0 Å². The van der Waals surface area contributed by atoms with Gasteiger partial charge in [-0.3, -0.25) is 4.79 Å². The molecule has 0 bridgehead atoms. The summed E-state index contributed by atoms with van der Waals surface area (Å²) in [5, 5.41) is 9.12. The Morgan fingerprint density at radius 3 is 2.86 bits per heavy atom. The Morgan fingerprint density at radius 2 is 2.29 bits per heavy atom. The molecule has 1 aromatic rings. The number of aliphatic hydroxyl groups excluding tert-OH is 1. The number of halogens is 1. The molecular formula is C10H14BrNO2. The van der Waals surface area contributed by atoms with E-state index in [1.54, 1.807) is 30.7 Å². The van der Waals surface area contributed by atoms with E-state index in [0.29, 0.717) is 18.5 Å². The Labute approximate surface area is 91.5 Å². The highest BCUT2D eigenvalue weighted by Gasteiger charge is 2.03. The van der Waals surface area contributed by atoms with E-state index in [1.807, 2.05) is 0 Å². The monoisotopic (exact) mass is 259 g/mol. The number of hydrogen-bond acceptors (Lipinski definition) is 2. The minimum absolute atomic E-state index is 0.00819. The minimum atomic E-state index is -0.374. The van der Waals surface area contributed by atoms with Crippen molar-refractivity contribution in [2.75, 3.05) is 0 Å². The first-order chi connectivity index (χ1) is 6.50. The summed E-state index contributed by atoms with van der Waals surface area (Å²) in [7, 11) is 0. The molecule has 1 heterocycles. The van der Waals surface area contributed by atoms with Gasteiger partial charge in [-0.25, -0.2) is 0 Å². The van der Waals surface area contributed by atoms with Gasteiger partial charge in [0.1, 0.15) is 0 Å². The van der Waals surface area contributed by atoms with Crippen molar-refractivity contribution in [2.45, 2.75) is 32.9 Å². The predicted octanol–water partition coefficient (Wildman–Crippen LogP) is 1.69. The van der Waals surface area contributed by atoms with Crippen LogP contribution in [0.25, 0.3) is 0 Å². The summed E-state index contributed by atoms with van der Waals surface area (Å²) in [6.45, 7) is 4.05. The van der Waals surface area contributed by atoms with Gasteiger partial charge in [0.15, 0.2) is 0 Å². The third-order valence-electron chi connectivity index (χ3n) is 2.02. The largest absolute Gasteiger partial charge is 0.393 e. The maximum absolute atomic E-state index is 11.6. The van der Waals surface area contributed by atoms with Crippen LogP contribution in [0, 0.1) is 6.92 Å². The standard InChI is InChI=1S/C10H14BrNO2/c1-7-5-9(11)6-12(10(7)14)4-3-8(2)13/h5-6,8,13H,3-4H2,1-2H3. The van der Waals surface area contributed by atoms with Gasteiger partial charge < -0.3 is 9.67 Å². The van der Waals surface area contributed by atoms with Crippen LogP contribution in [0.4, 0.5) is 0 Å². The van der Waals surface area contributed by atoms with Gasteiger partial charge in [-0.1, -0.05) is 0 Å². The second-order valence-electron chi connectivity index (χ2n) is 3.48. The van der Waals surface area contributed by atoms with E-state index in [9.17, 15) is 4.79 Å². The summed E-state index contributed by atoms with van der Waals surface area (Å²) in [5.41, 5.74) is 0.721. The van der Waals surface area contributed by atoms with E-state index < -0.39 is 0 Å². The summed E-state index contributed by atoms with van der Waals surface area (Å²) in [6.07, 6.45) is 1.97. The van der Waals surface area contributed by atoms with E-state index >= 15 is 0 Å². The minimum Gasteiger partial charge on any atom is -0.393 e. The topological polar surface area (TPSA) is 42.2 Å². The molecule has 1 unspecified atom stereocenters. The zero-order valence-corrected chi connectivity index (χ0v) is 9.91. The second-order valence-corrected chi connectivity index (χ2v) is 4.39. The van der Waals surface area contributed by atoms with Crippen molar-refractivity contribution < 1.29 is 5.11 Å². The highest BCUT2D eigenvalue weighted by Crippen LogP contribution is 2.08. The number of aromatic nitrogens is 1. The molecule has 0 aromatic carbocycles. The fourth-order valence-corrected chi connectivity index (χ4v) is 1.82. The van der Waals surface area contributed by atoms with Crippen molar-refractivity contribution >= 4 is 15.9 Å². The SMILES string of the molecule is Cc1cc(Br)cn(CCC(C)O)c1=O. The Kier molecular flexibility index (Phi) is 3.89. The highest BCUT2D eigenvalue weighted by atomic mass is 79.9. The molecule has 1 aromatic heterocycles. The van der Waals surface area contributed by atoms with Crippen LogP contribution in [-0.4, -0.2) is 15.8 Å². The average Bonchev–Trinajstić information content (AvgIpc) is 2.08. The first kappa shape index (κ1) is 11.5. The van der Waals surface area contributed by atoms with Crippen LogP contribution in [0.1, 0.15) is 18.9 Å². The molecular weight excluding hydrogens is 246 g/mol. The zero-order chi connectivity index (χ0) is 10.7. The van der Waals surface area contributed by atoms with Crippen LogP contribution in [0.2, 0.25) is 0 Å². The lowest BCUT2D eigenvalue weighted by Crippen LogP contribution is -2.23. The van der Waals surface area contributed by atoms with Gasteiger partial charge in [0.25, 0.3) is 5.56 Å². The molecule has 4 heteroatoms. The normalized spacial score (nSPS) is 12.9. The predicted molar refractivity (Wildman–Crippen MR) is 59.4 cm³/mol. The first-order valence-electron chi connectivity index (χ1n) is 4.55. The van der Waals surface area contributed by atoms with Crippen molar-refractivity contribution in [3.05, 3.63) is 32.7 Å². The van der Waals surface area contributed by atoms with E-state index in [0.717, 1.165) is 4.47 Å². The maximum Gasteiger partial charge on any atom is 0.253 e. The highest BCUT2D eigenvalue weighted by molar-refractivity contribution is 9.10. The number of aliphatic hydroxyl groups is 1. The molecule has 3 nitrogen and oxygen atoms in total.